The molecular formula is C18H22N2O4S. The van der Waals surface area contributed by atoms with Crippen LogP contribution in [0, 0.1) is 6.92 Å². The lowest BCUT2D eigenvalue weighted by molar-refractivity contribution is -0.122. The van der Waals surface area contributed by atoms with Gasteiger partial charge in [0, 0.05) is 12.7 Å². The van der Waals surface area contributed by atoms with Crippen LogP contribution in [-0.2, 0) is 14.8 Å². The molecule has 2 rings (SSSR count). The van der Waals surface area contributed by atoms with Gasteiger partial charge in [-0.15, -0.1) is 0 Å². The van der Waals surface area contributed by atoms with E-state index in [-0.39, 0.29) is 5.91 Å². The predicted octanol–water partition coefficient (Wildman–Crippen LogP) is 2.80. The highest BCUT2D eigenvalue weighted by Crippen LogP contribution is 2.21. The molecule has 0 aliphatic rings. The van der Waals surface area contributed by atoms with Gasteiger partial charge in [0.2, 0.25) is 10.0 Å². The van der Waals surface area contributed by atoms with Crippen LogP contribution in [0.2, 0.25) is 0 Å². The maximum Gasteiger partial charge on any atom is 0.265 e. The number of benzene rings is 2. The van der Waals surface area contributed by atoms with Crippen molar-refractivity contribution >= 4 is 27.3 Å². The molecule has 0 fully saturated rings. The molecule has 1 unspecified atom stereocenters. The molecule has 0 aromatic heterocycles. The summed E-state index contributed by atoms with van der Waals surface area (Å²) in [5.41, 5.74) is 2.23. The van der Waals surface area contributed by atoms with Crippen LogP contribution in [-0.4, -0.2) is 33.7 Å². The molecule has 0 spiro atoms. The van der Waals surface area contributed by atoms with E-state index in [4.69, 9.17) is 4.74 Å². The molecule has 0 saturated heterocycles. The summed E-state index contributed by atoms with van der Waals surface area (Å²) in [6.07, 6.45) is 0.438. The van der Waals surface area contributed by atoms with Crippen LogP contribution in [0.25, 0.3) is 0 Å². The zero-order chi connectivity index (χ0) is 18.6. The largest absolute Gasteiger partial charge is 0.481 e. The minimum absolute atomic E-state index is 0.258. The maximum atomic E-state index is 12.3. The first kappa shape index (κ1) is 18.8. The van der Waals surface area contributed by atoms with Crippen molar-refractivity contribution in [3.63, 3.8) is 0 Å². The summed E-state index contributed by atoms with van der Waals surface area (Å²) < 4.78 is 29.9. The SMILES string of the molecule is Cc1ccccc1NC(=O)C(C)Oc1ccc(N(C)S(C)(=O)=O)cc1. The van der Waals surface area contributed by atoms with E-state index in [1.165, 1.54) is 11.4 Å². The summed E-state index contributed by atoms with van der Waals surface area (Å²) in [5.74, 6) is 0.227. The van der Waals surface area contributed by atoms with Gasteiger partial charge in [-0.25, -0.2) is 8.42 Å². The fourth-order valence-electron chi connectivity index (χ4n) is 2.13. The van der Waals surface area contributed by atoms with E-state index < -0.39 is 16.1 Å². The lowest BCUT2D eigenvalue weighted by atomic mass is 10.2. The van der Waals surface area contributed by atoms with E-state index in [2.05, 4.69) is 5.32 Å². The standard InChI is InChI=1S/C18H22N2O4S/c1-13-7-5-6-8-17(13)19-18(21)14(2)24-16-11-9-15(10-12-16)20(3)25(4,22)23/h5-12,14H,1-4H3,(H,19,21). The summed E-state index contributed by atoms with van der Waals surface area (Å²) in [7, 11) is -1.84. The predicted molar refractivity (Wildman–Crippen MR) is 99.6 cm³/mol. The number of aryl methyl sites for hydroxylation is 1. The Balaban J connectivity index is 2.02. The van der Waals surface area contributed by atoms with E-state index in [0.717, 1.165) is 17.5 Å². The number of anilines is 2. The lowest BCUT2D eigenvalue weighted by Crippen LogP contribution is -2.30. The van der Waals surface area contributed by atoms with Gasteiger partial charge in [0.25, 0.3) is 5.91 Å². The molecule has 6 nitrogen and oxygen atoms in total. The second kappa shape index (κ2) is 7.57. The van der Waals surface area contributed by atoms with Crippen LogP contribution >= 0.6 is 0 Å². The molecule has 0 bridgehead atoms. The van der Waals surface area contributed by atoms with Crippen molar-refractivity contribution in [3.8, 4) is 5.75 Å². The number of rotatable bonds is 6. The molecule has 0 heterocycles. The number of carbonyl (C=O) groups is 1. The van der Waals surface area contributed by atoms with Gasteiger partial charge in [-0.3, -0.25) is 9.10 Å². The normalized spacial score (nSPS) is 12.3. The quantitative estimate of drug-likeness (QED) is 0.857. The van der Waals surface area contributed by atoms with E-state index in [0.29, 0.717) is 11.4 Å². The van der Waals surface area contributed by atoms with E-state index in [1.807, 2.05) is 31.2 Å². The first-order valence-corrected chi connectivity index (χ1v) is 9.60. The van der Waals surface area contributed by atoms with Crippen molar-refractivity contribution < 1.29 is 17.9 Å². The molecule has 0 radical (unpaired) electrons. The second-order valence-corrected chi connectivity index (χ2v) is 7.80. The Kier molecular flexibility index (Phi) is 5.69. The summed E-state index contributed by atoms with van der Waals surface area (Å²) in [5, 5.41) is 2.83. The minimum atomic E-state index is -3.32. The van der Waals surface area contributed by atoms with Crippen LogP contribution in [0.4, 0.5) is 11.4 Å². The number of hydrogen-bond donors (Lipinski definition) is 1. The second-order valence-electron chi connectivity index (χ2n) is 5.79. The third-order valence-corrected chi connectivity index (χ3v) is 4.99. The van der Waals surface area contributed by atoms with E-state index >= 15 is 0 Å². The third kappa shape index (κ3) is 4.96. The van der Waals surface area contributed by atoms with Gasteiger partial charge in [0.05, 0.1) is 11.9 Å². The smallest absolute Gasteiger partial charge is 0.265 e. The Bertz CT molecular complexity index is 848. The average molecular weight is 362 g/mol. The summed E-state index contributed by atoms with van der Waals surface area (Å²) in [6, 6.07) is 14.0. The number of para-hydroxylation sites is 1. The van der Waals surface area contributed by atoms with Gasteiger partial charge in [-0.2, -0.15) is 0 Å². The Labute approximate surface area is 148 Å². The van der Waals surface area contributed by atoms with E-state index in [9.17, 15) is 13.2 Å². The number of nitrogens with one attached hydrogen (secondary N) is 1. The first-order valence-electron chi connectivity index (χ1n) is 7.75. The number of carbonyl (C=O) groups excluding carboxylic acids is 1. The van der Waals surface area contributed by atoms with Crippen molar-refractivity contribution in [1.82, 2.24) is 0 Å². The molecule has 0 saturated carbocycles. The summed E-state index contributed by atoms with van der Waals surface area (Å²) in [6.45, 7) is 3.57. The molecule has 2 aromatic carbocycles. The van der Waals surface area contributed by atoms with Crippen LogP contribution in [0.15, 0.2) is 48.5 Å². The third-order valence-electron chi connectivity index (χ3n) is 3.78. The van der Waals surface area contributed by atoms with Crippen LogP contribution in [0.1, 0.15) is 12.5 Å². The van der Waals surface area contributed by atoms with Crippen LogP contribution in [0.3, 0.4) is 0 Å². The molecule has 2 aromatic rings. The van der Waals surface area contributed by atoms with Crippen molar-refractivity contribution in [1.29, 1.82) is 0 Å². The van der Waals surface area contributed by atoms with Crippen LogP contribution in [0.5, 0.6) is 5.75 Å². The molecule has 0 aliphatic carbocycles. The number of amides is 1. The number of sulfonamides is 1. The Hall–Kier alpha value is -2.54. The first-order chi connectivity index (χ1) is 11.7. The number of nitrogens with zero attached hydrogens (tertiary/aromatic N) is 1. The van der Waals surface area contributed by atoms with Crippen LogP contribution < -0.4 is 14.4 Å². The molecule has 1 amide bonds. The van der Waals surface area contributed by atoms with Gasteiger partial charge >= 0.3 is 0 Å². The average Bonchev–Trinajstić information content (AvgIpc) is 2.56. The highest BCUT2D eigenvalue weighted by molar-refractivity contribution is 7.92. The zero-order valence-corrected chi connectivity index (χ0v) is 15.5. The molecule has 25 heavy (non-hydrogen) atoms. The van der Waals surface area contributed by atoms with Gasteiger partial charge in [-0.1, -0.05) is 18.2 Å². The van der Waals surface area contributed by atoms with Crippen molar-refractivity contribution in [2.45, 2.75) is 20.0 Å². The van der Waals surface area contributed by atoms with Crippen molar-refractivity contribution in [2.24, 2.45) is 0 Å². The Morgan fingerprint density at radius 3 is 2.28 bits per heavy atom. The fraction of sp³-hybridized carbons (Fsp3) is 0.278. The summed E-state index contributed by atoms with van der Waals surface area (Å²) in [4.78, 5) is 12.3. The van der Waals surface area contributed by atoms with Gasteiger partial charge < -0.3 is 10.1 Å². The van der Waals surface area contributed by atoms with Gasteiger partial charge in [-0.05, 0) is 49.7 Å². The molecular weight excluding hydrogens is 340 g/mol. The Morgan fingerprint density at radius 1 is 1.12 bits per heavy atom. The summed E-state index contributed by atoms with van der Waals surface area (Å²) >= 11 is 0. The van der Waals surface area contributed by atoms with Crippen molar-refractivity contribution in [2.75, 3.05) is 22.9 Å². The minimum Gasteiger partial charge on any atom is -0.481 e. The Morgan fingerprint density at radius 2 is 1.72 bits per heavy atom. The van der Waals surface area contributed by atoms with Gasteiger partial charge in [0.1, 0.15) is 5.75 Å². The highest BCUT2D eigenvalue weighted by atomic mass is 32.2. The van der Waals surface area contributed by atoms with Gasteiger partial charge in [0.15, 0.2) is 6.10 Å². The molecule has 7 heteroatoms. The number of hydrogen-bond acceptors (Lipinski definition) is 4. The highest BCUT2D eigenvalue weighted by Gasteiger charge is 2.16. The maximum absolute atomic E-state index is 12.3. The van der Waals surface area contributed by atoms with Crippen molar-refractivity contribution in [3.05, 3.63) is 54.1 Å². The molecule has 0 aliphatic heterocycles. The number of ether oxygens (including phenoxy) is 1. The molecule has 1 atom stereocenters. The topological polar surface area (TPSA) is 75.7 Å². The lowest BCUT2D eigenvalue weighted by Gasteiger charge is -2.18. The fourth-order valence-corrected chi connectivity index (χ4v) is 2.64. The monoisotopic (exact) mass is 362 g/mol. The van der Waals surface area contributed by atoms with E-state index in [1.54, 1.807) is 31.2 Å². The molecule has 1 N–H and O–H groups in total. The zero-order valence-electron chi connectivity index (χ0n) is 14.7. The molecule has 134 valence electrons.